The number of furan rings is 1. The molecular weight excluding hydrogens is 601 g/mol. The van der Waals surface area contributed by atoms with Gasteiger partial charge < -0.3 is 8.98 Å². The first-order chi connectivity index (χ1) is 24.3. The summed E-state index contributed by atoms with van der Waals surface area (Å²) in [7, 11) is 0. The molecule has 0 spiro atoms. The molecule has 0 atom stereocenters. The lowest BCUT2D eigenvalue weighted by Gasteiger charge is -2.12. The van der Waals surface area contributed by atoms with Crippen LogP contribution in [0.5, 0.6) is 0 Å². The maximum Gasteiger partial charge on any atom is 0.235 e. The molecule has 0 radical (unpaired) electrons. The SMILES string of the molecule is c1ccc(-c2nc(-n3c4ccccc4c4c5c6ccccc6n(-c6ccccc6)c5c5c6ccccc6oc5c43)nc3ccccc23)cc1. The van der Waals surface area contributed by atoms with Gasteiger partial charge in [0.15, 0.2) is 5.58 Å². The van der Waals surface area contributed by atoms with Crippen LogP contribution in [0.15, 0.2) is 162 Å². The molecule has 0 aliphatic heterocycles. The first kappa shape index (κ1) is 26.4. The fraction of sp³-hybridized carbons (Fsp3) is 0. The Hall–Kier alpha value is -6.72. The van der Waals surface area contributed by atoms with Crippen molar-refractivity contribution in [3.8, 4) is 22.9 Å². The third-order valence-electron chi connectivity index (χ3n) is 9.90. The largest absolute Gasteiger partial charge is 0.454 e. The Kier molecular flexibility index (Phi) is 5.32. The predicted molar refractivity (Wildman–Crippen MR) is 201 cm³/mol. The summed E-state index contributed by atoms with van der Waals surface area (Å²) in [5, 5.41) is 7.79. The zero-order valence-electron chi connectivity index (χ0n) is 26.2. The first-order valence-corrected chi connectivity index (χ1v) is 16.5. The molecule has 5 nitrogen and oxygen atoms in total. The fourth-order valence-corrected chi connectivity index (χ4v) is 7.92. The van der Waals surface area contributed by atoms with Crippen LogP contribution in [-0.2, 0) is 0 Å². The van der Waals surface area contributed by atoms with E-state index in [1.807, 2.05) is 18.2 Å². The molecular formula is C44H26N4O. The van der Waals surface area contributed by atoms with Gasteiger partial charge in [-0.05, 0) is 36.4 Å². The molecule has 0 saturated heterocycles. The molecule has 0 bridgehead atoms. The number of para-hydroxylation sites is 5. The van der Waals surface area contributed by atoms with Crippen LogP contribution in [0.3, 0.4) is 0 Å². The lowest BCUT2D eigenvalue weighted by Crippen LogP contribution is -2.03. The number of nitrogens with zero attached hydrogens (tertiary/aromatic N) is 4. The van der Waals surface area contributed by atoms with Crippen LogP contribution in [0.4, 0.5) is 0 Å². The van der Waals surface area contributed by atoms with Gasteiger partial charge in [-0.1, -0.05) is 121 Å². The van der Waals surface area contributed by atoms with Crippen molar-refractivity contribution < 1.29 is 4.42 Å². The number of benzene rings is 7. The minimum atomic E-state index is 0.608. The lowest BCUT2D eigenvalue weighted by atomic mass is 10.0. The second kappa shape index (κ2) is 9.89. The van der Waals surface area contributed by atoms with Crippen molar-refractivity contribution in [2.24, 2.45) is 0 Å². The van der Waals surface area contributed by atoms with Crippen LogP contribution in [-0.4, -0.2) is 19.1 Å². The van der Waals surface area contributed by atoms with E-state index in [1.54, 1.807) is 0 Å². The average Bonchev–Trinajstić information content (AvgIpc) is 3.83. The Balaban J connectivity index is 1.42. The van der Waals surface area contributed by atoms with Gasteiger partial charge in [-0.15, -0.1) is 0 Å². The minimum Gasteiger partial charge on any atom is -0.454 e. The Morgan fingerprint density at radius 2 is 1.00 bits per heavy atom. The van der Waals surface area contributed by atoms with Crippen molar-refractivity contribution in [2.75, 3.05) is 0 Å². The monoisotopic (exact) mass is 626 g/mol. The van der Waals surface area contributed by atoms with Crippen LogP contribution < -0.4 is 0 Å². The predicted octanol–water partition coefficient (Wildman–Crippen LogP) is 11.4. The van der Waals surface area contributed by atoms with E-state index in [-0.39, 0.29) is 0 Å². The van der Waals surface area contributed by atoms with E-state index in [1.165, 1.54) is 10.8 Å². The highest BCUT2D eigenvalue weighted by atomic mass is 16.3. The summed E-state index contributed by atoms with van der Waals surface area (Å²) < 4.78 is 11.6. The molecule has 11 aromatic rings. The third-order valence-corrected chi connectivity index (χ3v) is 9.90. The Morgan fingerprint density at radius 1 is 0.429 bits per heavy atom. The van der Waals surface area contributed by atoms with Gasteiger partial charge in [0.1, 0.15) is 11.1 Å². The minimum absolute atomic E-state index is 0.608. The standard InChI is InChI=1S/C44H26N4O/c1-3-15-27(16-4-1)40-29-19-7-11-23-33(29)45-44(46-40)48-35-25-13-9-21-31(35)38-37-30-20-8-12-24-34(30)47(28-17-5-2-6-18-28)41(37)39-32-22-10-14-26-36(32)49-43(39)42(38)48/h1-26H. The normalized spacial score (nSPS) is 12.1. The molecule has 0 aliphatic carbocycles. The van der Waals surface area contributed by atoms with E-state index in [9.17, 15) is 0 Å². The van der Waals surface area contributed by atoms with Crippen LogP contribution in [0.1, 0.15) is 0 Å². The number of aromatic nitrogens is 4. The zero-order chi connectivity index (χ0) is 32.1. The summed E-state index contributed by atoms with van der Waals surface area (Å²) in [6.45, 7) is 0. The molecule has 0 amide bonds. The summed E-state index contributed by atoms with van der Waals surface area (Å²) in [4.78, 5) is 10.6. The molecule has 11 rings (SSSR count). The van der Waals surface area contributed by atoms with E-state index >= 15 is 0 Å². The van der Waals surface area contributed by atoms with Gasteiger partial charge in [0.25, 0.3) is 0 Å². The molecule has 5 heteroatoms. The van der Waals surface area contributed by atoms with E-state index < -0.39 is 0 Å². The van der Waals surface area contributed by atoms with E-state index in [0.29, 0.717) is 5.95 Å². The second-order valence-corrected chi connectivity index (χ2v) is 12.5. The number of fused-ring (bicyclic) bond motifs is 13. The van der Waals surface area contributed by atoms with Gasteiger partial charge >= 0.3 is 0 Å². The number of hydrogen-bond acceptors (Lipinski definition) is 3. The summed E-state index contributed by atoms with van der Waals surface area (Å²) in [5.41, 5.74) is 9.87. The quantitative estimate of drug-likeness (QED) is 0.196. The smallest absolute Gasteiger partial charge is 0.235 e. The highest BCUT2D eigenvalue weighted by Gasteiger charge is 2.28. The van der Waals surface area contributed by atoms with Crippen molar-refractivity contribution >= 4 is 76.5 Å². The van der Waals surface area contributed by atoms with Gasteiger partial charge in [0.05, 0.1) is 33.1 Å². The van der Waals surface area contributed by atoms with Crippen molar-refractivity contribution in [3.63, 3.8) is 0 Å². The molecule has 7 aromatic carbocycles. The van der Waals surface area contributed by atoms with Gasteiger partial charge in [0.2, 0.25) is 5.95 Å². The van der Waals surface area contributed by atoms with Crippen LogP contribution >= 0.6 is 0 Å². The summed E-state index contributed by atoms with van der Waals surface area (Å²) in [6.07, 6.45) is 0. The second-order valence-electron chi connectivity index (χ2n) is 12.5. The van der Waals surface area contributed by atoms with Crippen molar-refractivity contribution in [1.29, 1.82) is 0 Å². The van der Waals surface area contributed by atoms with Crippen molar-refractivity contribution in [3.05, 3.63) is 158 Å². The van der Waals surface area contributed by atoms with Gasteiger partial charge in [-0.25, -0.2) is 9.97 Å². The summed E-state index contributed by atoms with van der Waals surface area (Å²) in [5.74, 6) is 0.608. The molecule has 4 aromatic heterocycles. The van der Waals surface area contributed by atoms with E-state index in [0.717, 1.165) is 82.6 Å². The molecule has 228 valence electrons. The highest BCUT2D eigenvalue weighted by molar-refractivity contribution is 6.39. The van der Waals surface area contributed by atoms with Gasteiger partial charge in [0, 0.05) is 43.6 Å². The van der Waals surface area contributed by atoms with Crippen molar-refractivity contribution in [1.82, 2.24) is 19.1 Å². The molecule has 0 unspecified atom stereocenters. The highest BCUT2D eigenvalue weighted by Crippen LogP contribution is 2.49. The molecule has 0 fully saturated rings. The average molecular weight is 627 g/mol. The fourth-order valence-electron chi connectivity index (χ4n) is 7.92. The Labute approximate surface area is 279 Å². The molecule has 49 heavy (non-hydrogen) atoms. The summed E-state index contributed by atoms with van der Waals surface area (Å²) >= 11 is 0. The van der Waals surface area contributed by atoms with Crippen LogP contribution in [0, 0.1) is 0 Å². The molecule has 0 saturated carbocycles. The first-order valence-electron chi connectivity index (χ1n) is 16.5. The number of hydrogen-bond donors (Lipinski definition) is 0. The third kappa shape index (κ3) is 3.59. The summed E-state index contributed by atoms with van der Waals surface area (Å²) in [6, 6.07) is 55.0. The molecule has 4 heterocycles. The maximum atomic E-state index is 6.97. The maximum absolute atomic E-state index is 6.97. The Bertz CT molecular complexity index is 3100. The van der Waals surface area contributed by atoms with Crippen molar-refractivity contribution in [2.45, 2.75) is 0 Å². The van der Waals surface area contributed by atoms with Gasteiger partial charge in [-0.3, -0.25) is 4.57 Å². The van der Waals surface area contributed by atoms with Gasteiger partial charge in [-0.2, -0.15) is 0 Å². The number of rotatable bonds is 3. The van der Waals surface area contributed by atoms with Crippen LogP contribution in [0.2, 0.25) is 0 Å². The van der Waals surface area contributed by atoms with E-state index in [2.05, 4.69) is 149 Å². The molecule has 0 N–H and O–H groups in total. The lowest BCUT2D eigenvalue weighted by molar-refractivity contribution is 0.671. The Morgan fingerprint density at radius 3 is 1.76 bits per heavy atom. The van der Waals surface area contributed by atoms with Crippen LogP contribution in [0.25, 0.3) is 99.3 Å². The zero-order valence-corrected chi connectivity index (χ0v) is 26.2. The van der Waals surface area contributed by atoms with E-state index in [4.69, 9.17) is 14.4 Å². The molecule has 0 aliphatic rings. The topological polar surface area (TPSA) is 48.8 Å².